The molecule has 1 N–H and O–H groups in total. The molecule has 1 amide bonds. The van der Waals surface area contributed by atoms with Gasteiger partial charge in [-0.3, -0.25) is 14.9 Å². The first-order chi connectivity index (χ1) is 9.27. The van der Waals surface area contributed by atoms with E-state index in [9.17, 15) is 9.59 Å². The molecular weight excluding hydrogens is 276 g/mol. The number of thioether (sulfide) groups is 1. The lowest BCUT2D eigenvalue weighted by Gasteiger charge is -2.41. The fourth-order valence-corrected chi connectivity index (χ4v) is 4.15. The molecule has 0 aromatic carbocycles. The second-order valence-corrected chi connectivity index (χ2v) is 7.97. The van der Waals surface area contributed by atoms with Crippen molar-refractivity contribution in [2.24, 2.45) is 5.41 Å². The van der Waals surface area contributed by atoms with Crippen LogP contribution >= 0.6 is 11.8 Å². The normalized spacial score (nSPS) is 25.8. The lowest BCUT2D eigenvalue weighted by atomic mass is 9.92. The van der Waals surface area contributed by atoms with Crippen molar-refractivity contribution in [3.8, 4) is 0 Å². The summed E-state index contributed by atoms with van der Waals surface area (Å²) in [6.45, 7) is 7.37. The van der Waals surface area contributed by atoms with Gasteiger partial charge in [-0.1, -0.05) is 20.8 Å². The number of carbonyl (C=O) groups is 2. The molecule has 0 radical (unpaired) electrons. The molecule has 1 atom stereocenters. The van der Waals surface area contributed by atoms with Gasteiger partial charge in [-0.05, 0) is 12.8 Å². The Labute approximate surface area is 124 Å². The Balaban J connectivity index is 1.92. The van der Waals surface area contributed by atoms with Gasteiger partial charge in [0.15, 0.2) is 0 Å². The third kappa shape index (κ3) is 3.11. The van der Waals surface area contributed by atoms with Gasteiger partial charge in [0.2, 0.25) is 5.91 Å². The lowest BCUT2D eigenvalue weighted by molar-refractivity contribution is -0.143. The summed E-state index contributed by atoms with van der Waals surface area (Å²) < 4.78 is 4.79. The Morgan fingerprint density at radius 2 is 1.90 bits per heavy atom. The van der Waals surface area contributed by atoms with Crippen molar-refractivity contribution in [3.63, 3.8) is 0 Å². The first-order valence-electron chi connectivity index (χ1n) is 7.06. The number of ether oxygens (including phenoxy) is 1. The van der Waals surface area contributed by atoms with E-state index in [0.717, 1.165) is 31.7 Å². The van der Waals surface area contributed by atoms with Crippen LogP contribution in [0.25, 0.3) is 0 Å². The molecule has 1 spiro atoms. The maximum absolute atomic E-state index is 12.3. The molecule has 20 heavy (non-hydrogen) atoms. The first-order valence-corrected chi connectivity index (χ1v) is 8.05. The topological polar surface area (TPSA) is 58.6 Å². The average molecular weight is 300 g/mol. The van der Waals surface area contributed by atoms with Crippen LogP contribution in [0, 0.1) is 5.41 Å². The number of methoxy groups -OCH3 is 1. The average Bonchev–Trinajstić information content (AvgIpc) is 2.81. The number of hydrogen-bond acceptors (Lipinski definition) is 5. The van der Waals surface area contributed by atoms with Gasteiger partial charge in [-0.15, -0.1) is 11.8 Å². The van der Waals surface area contributed by atoms with E-state index in [1.54, 1.807) is 11.8 Å². The third-order valence-corrected chi connectivity index (χ3v) is 5.53. The second kappa shape index (κ2) is 5.56. The minimum Gasteiger partial charge on any atom is -0.468 e. The molecule has 2 saturated heterocycles. The fourth-order valence-electron chi connectivity index (χ4n) is 2.75. The van der Waals surface area contributed by atoms with Crippen LogP contribution in [-0.4, -0.2) is 53.6 Å². The Bertz CT molecular complexity index is 398. The summed E-state index contributed by atoms with van der Waals surface area (Å²) in [5.41, 5.74) is -0.324. The predicted molar refractivity (Wildman–Crippen MR) is 79.4 cm³/mol. The van der Waals surface area contributed by atoms with E-state index in [0.29, 0.717) is 0 Å². The Hall–Kier alpha value is -0.750. The largest absolute Gasteiger partial charge is 0.468 e. The van der Waals surface area contributed by atoms with Gasteiger partial charge >= 0.3 is 5.97 Å². The molecule has 0 aromatic rings. The minimum atomic E-state index is -0.324. The highest BCUT2D eigenvalue weighted by molar-refractivity contribution is 8.01. The summed E-state index contributed by atoms with van der Waals surface area (Å²) in [4.78, 5) is 25.7. The zero-order valence-corrected chi connectivity index (χ0v) is 13.5. The van der Waals surface area contributed by atoms with Gasteiger partial charge in [0.1, 0.15) is 6.04 Å². The molecule has 2 heterocycles. The summed E-state index contributed by atoms with van der Waals surface area (Å²) >= 11 is 1.79. The van der Waals surface area contributed by atoms with Gasteiger partial charge in [0, 0.05) is 24.3 Å². The monoisotopic (exact) mass is 300 g/mol. The van der Waals surface area contributed by atoms with E-state index in [1.165, 1.54) is 7.11 Å². The number of likely N-dealkylation sites (tertiary alicyclic amines) is 1. The number of hydrogen-bond donors (Lipinski definition) is 1. The Morgan fingerprint density at radius 3 is 2.40 bits per heavy atom. The highest BCUT2D eigenvalue weighted by atomic mass is 32.2. The van der Waals surface area contributed by atoms with E-state index in [-0.39, 0.29) is 28.2 Å². The molecule has 2 aliphatic rings. The molecule has 0 aromatic heterocycles. The number of carbonyl (C=O) groups excluding carboxylic acids is 2. The van der Waals surface area contributed by atoms with Crippen molar-refractivity contribution >= 4 is 23.6 Å². The molecule has 6 heteroatoms. The molecule has 0 saturated carbocycles. The smallest absolute Gasteiger partial charge is 0.323 e. The molecule has 0 bridgehead atoms. The van der Waals surface area contributed by atoms with E-state index >= 15 is 0 Å². The summed E-state index contributed by atoms with van der Waals surface area (Å²) in [5.74, 6) is 0.766. The van der Waals surface area contributed by atoms with Crippen LogP contribution in [0.4, 0.5) is 0 Å². The van der Waals surface area contributed by atoms with E-state index in [4.69, 9.17) is 4.74 Å². The highest BCUT2D eigenvalue weighted by Gasteiger charge is 2.45. The van der Waals surface area contributed by atoms with Crippen LogP contribution in [0.2, 0.25) is 0 Å². The molecule has 0 unspecified atom stereocenters. The number of nitrogens with one attached hydrogen (secondary N) is 1. The summed E-state index contributed by atoms with van der Waals surface area (Å²) in [5, 5.41) is 3.41. The number of esters is 1. The highest BCUT2D eigenvalue weighted by Crippen LogP contribution is 2.39. The van der Waals surface area contributed by atoms with Crippen molar-refractivity contribution < 1.29 is 14.3 Å². The zero-order chi connectivity index (χ0) is 15.0. The van der Waals surface area contributed by atoms with Gasteiger partial charge in [0.05, 0.1) is 12.0 Å². The molecule has 2 aliphatic heterocycles. The van der Waals surface area contributed by atoms with Crippen molar-refractivity contribution in [1.82, 2.24) is 10.2 Å². The van der Waals surface area contributed by atoms with Gasteiger partial charge in [-0.25, -0.2) is 0 Å². The summed E-state index contributed by atoms with van der Waals surface area (Å²) in [6.07, 6.45) is 1.76. The minimum absolute atomic E-state index is 0.0620. The maximum atomic E-state index is 12.3. The summed E-state index contributed by atoms with van der Waals surface area (Å²) in [6, 6.07) is -0.213. The fraction of sp³-hybridized carbons (Fsp3) is 0.857. The molecule has 114 valence electrons. The number of amides is 1. The van der Waals surface area contributed by atoms with E-state index in [2.05, 4.69) is 5.32 Å². The molecule has 0 aliphatic carbocycles. The molecule has 5 nitrogen and oxygen atoms in total. The van der Waals surface area contributed by atoms with Crippen LogP contribution < -0.4 is 5.32 Å². The van der Waals surface area contributed by atoms with Gasteiger partial charge in [0.25, 0.3) is 0 Å². The molecule has 2 rings (SSSR count). The van der Waals surface area contributed by atoms with Crippen molar-refractivity contribution in [2.75, 3.05) is 26.0 Å². The van der Waals surface area contributed by atoms with E-state index < -0.39 is 0 Å². The molecular formula is C14H24N2O3S. The van der Waals surface area contributed by atoms with Crippen molar-refractivity contribution in [3.05, 3.63) is 0 Å². The van der Waals surface area contributed by atoms with Gasteiger partial charge < -0.3 is 9.64 Å². The first kappa shape index (κ1) is 15.6. The van der Waals surface area contributed by atoms with Gasteiger partial charge in [-0.2, -0.15) is 0 Å². The van der Waals surface area contributed by atoms with E-state index in [1.807, 2.05) is 25.7 Å². The SMILES string of the molecule is COC(=O)[C@@H]1CSC2(CCN(C(=O)C(C)(C)C)CC2)N1. The Morgan fingerprint density at radius 1 is 1.30 bits per heavy atom. The van der Waals surface area contributed by atoms with Crippen molar-refractivity contribution in [1.29, 1.82) is 0 Å². The number of piperidine rings is 1. The van der Waals surface area contributed by atoms with Crippen molar-refractivity contribution in [2.45, 2.75) is 44.5 Å². The number of rotatable bonds is 1. The third-order valence-electron chi connectivity index (χ3n) is 3.95. The maximum Gasteiger partial charge on any atom is 0.323 e. The van der Waals surface area contributed by atoms with Crippen LogP contribution in [0.5, 0.6) is 0 Å². The summed E-state index contributed by atoms with van der Waals surface area (Å²) in [7, 11) is 1.42. The number of nitrogens with zero attached hydrogens (tertiary/aromatic N) is 1. The Kier molecular flexibility index (Phi) is 4.35. The lowest BCUT2D eigenvalue weighted by Crippen LogP contribution is -2.54. The second-order valence-electron chi connectivity index (χ2n) is 6.57. The molecule has 2 fully saturated rings. The van der Waals surface area contributed by atoms with Crippen LogP contribution in [0.1, 0.15) is 33.6 Å². The van der Waals surface area contributed by atoms with Crippen LogP contribution in [-0.2, 0) is 14.3 Å². The quantitative estimate of drug-likeness (QED) is 0.738. The standard InChI is InChI=1S/C14H24N2O3S/c1-13(2,3)12(18)16-7-5-14(6-8-16)15-10(9-20-14)11(17)19-4/h10,15H,5-9H2,1-4H3/t10-/m0/s1. The zero-order valence-electron chi connectivity index (χ0n) is 12.7. The predicted octanol–water partition coefficient (Wildman–Crippen LogP) is 1.23. The van der Waals surface area contributed by atoms with Crippen LogP contribution in [0.3, 0.4) is 0 Å². The van der Waals surface area contributed by atoms with Crippen LogP contribution in [0.15, 0.2) is 0 Å².